The molecule has 0 aliphatic rings. The van der Waals surface area contributed by atoms with Gasteiger partial charge in [0.05, 0.1) is 12.9 Å². The molecule has 2 aromatic carbocycles. The lowest BCUT2D eigenvalue weighted by Crippen LogP contribution is -2.06. The highest BCUT2D eigenvalue weighted by Gasteiger charge is 2.19. The third-order valence-corrected chi connectivity index (χ3v) is 4.80. The van der Waals surface area contributed by atoms with Crippen molar-refractivity contribution < 1.29 is 21.9 Å². The van der Waals surface area contributed by atoms with Gasteiger partial charge < -0.3 is 4.74 Å². The maximum Gasteiger partial charge on any atom is 0.192 e. The predicted octanol–water partition coefficient (Wildman–Crippen LogP) is 3.45. The summed E-state index contributed by atoms with van der Waals surface area (Å²) in [5.74, 6) is -1.58. The summed E-state index contributed by atoms with van der Waals surface area (Å²) < 4.78 is 56.2. The Morgan fingerprint density at radius 3 is 2.42 bits per heavy atom. The molecule has 0 aliphatic heterocycles. The number of ether oxygens (including phenoxy) is 1. The van der Waals surface area contributed by atoms with Gasteiger partial charge in [-0.2, -0.15) is 5.26 Å². The van der Waals surface area contributed by atoms with Crippen LogP contribution in [0.25, 0.3) is 6.08 Å². The molecule has 7 heteroatoms. The summed E-state index contributed by atoms with van der Waals surface area (Å²) >= 11 is 0. The second-order valence-electron chi connectivity index (χ2n) is 4.89. The Morgan fingerprint density at radius 1 is 1.21 bits per heavy atom. The lowest BCUT2D eigenvalue weighted by atomic mass is 10.2. The third kappa shape index (κ3) is 4.18. The average Bonchev–Trinajstić information content (AvgIpc) is 2.54. The zero-order valence-corrected chi connectivity index (χ0v) is 13.5. The molecule has 0 fully saturated rings. The number of hydrogen-bond donors (Lipinski definition) is 0. The van der Waals surface area contributed by atoms with Gasteiger partial charge in [0.1, 0.15) is 28.4 Å². The molecule has 124 valence electrons. The zero-order chi connectivity index (χ0) is 17.7. The van der Waals surface area contributed by atoms with Crippen LogP contribution in [-0.4, -0.2) is 15.5 Å². The average molecular weight is 349 g/mol. The summed E-state index contributed by atoms with van der Waals surface area (Å²) in [5.41, 5.74) is 0.280. The van der Waals surface area contributed by atoms with E-state index in [1.165, 1.54) is 7.11 Å². The van der Waals surface area contributed by atoms with E-state index in [1.54, 1.807) is 30.3 Å². The Bertz CT molecular complexity index is 914. The molecule has 0 aliphatic carbocycles. The molecule has 0 saturated heterocycles. The molecule has 0 amide bonds. The number of rotatable bonds is 5. The van der Waals surface area contributed by atoms with Crippen molar-refractivity contribution in [1.29, 1.82) is 5.26 Å². The van der Waals surface area contributed by atoms with E-state index in [4.69, 9.17) is 10.00 Å². The predicted molar refractivity (Wildman–Crippen MR) is 85.6 cm³/mol. The summed E-state index contributed by atoms with van der Waals surface area (Å²) in [6.45, 7) is 0. The lowest BCUT2D eigenvalue weighted by molar-refractivity contribution is 0.414. The number of benzene rings is 2. The highest BCUT2D eigenvalue weighted by Crippen LogP contribution is 2.21. The second-order valence-corrected chi connectivity index (χ2v) is 6.85. The molecule has 4 nitrogen and oxygen atoms in total. The van der Waals surface area contributed by atoms with Gasteiger partial charge in [0.15, 0.2) is 9.84 Å². The van der Waals surface area contributed by atoms with Crippen molar-refractivity contribution in [2.45, 2.75) is 5.75 Å². The molecule has 0 N–H and O–H groups in total. The first-order valence-electron chi connectivity index (χ1n) is 6.78. The monoisotopic (exact) mass is 349 g/mol. The van der Waals surface area contributed by atoms with Gasteiger partial charge in [-0.1, -0.05) is 12.1 Å². The van der Waals surface area contributed by atoms with E-state index in [0.29, 0.717) is 17.4 Å². The van der Waals surface area contributed by atoms with Gasteiger partial charge in [0, 0.05) is 11.6 Å². The molecule has 2 aromatic rings. The van der Waals surface area contributed by atoms with E-state index >= 15 is 0 Å². The molecule has 0 aromatic heterocycles. The van der Waals surface area contributed by atoms with E-state index in [1.807, 2.05) is 0 Å². The van der Waals surface area contributed by atoms with Crippen molar-refractivity contribution in [3.63, 3.8) is 0 Å². The summed E-state index contributed by atoms with van der Waals surface area (Å²) in [4.78, 5) is -0.594. The van der Waals surface area contributed by atoms with Crippen molar-refractivity contribution in [3.8, 4) is 11.8 Å². The zero-order valence-electron chi connectivity index (χ0n) is 12.7. The van der Waals surface area contributed by atoms with Crippen molar-refractivity contribution >= 4 is 15.9 Å². The van der Waals surface area contributed by atoms with Crippen LogP contribution in [0.2, 0.25) is 0 Å². The molecular weight excluding hydrogens is 336 g/mol. The topological polar surface area (TPSA) is 67.2 Å². The molecule has 24 heavy (non-hydrogen) atoms. The quantitative estimate of drug-likeness (QED) is 0.776. The van der Waals surface area contributed by atoms with E-state index in [2.05, 4.69) is 0 Å². The van der Waals surface area contributed by atoms with E-state index in [-0.39, 0.29) is 5.56 Å². The Morgan fingerprint density at radius 2 is 1.88 bits per heavy atom. The SMILES string of the molecule is COc1ccc(CS(=O)(=O)C(C#N)=Cc2ccc(F)cc2F)cc1. The molecule has 0 saturated carbocycles. The van der Waals surface area contributed by atoms with Crippen LogP contribution < -0.4 is 4.74 Å². The lowest BCUT2D eigenvalue weighted by Gasteiger charge is -2.05. The highest BCUT2D eigenvalue weighted by molar-refractivity contribution is 7.95. The minimum absolute atomic E-state index is 0.175. The Balaban J connectivity index is 2.33. The van der Waals surface area contributed by atoms with E-state index < -0.39 is 32.1 Å². The van der Waals surface area contributed by atoms with Gasteiger partial charge in [0.25, 0.3) is 0 Å². The Hall–Kier alpha value is -2.72. The van der Waals surface area contributed by atoms with Gasteiger partial charge in [-0.05, 0) is 35.9 Å². The van der Waals surface area contributed by atoms with Gasteiger partial charge in [-0.3, -0.25) is 0 Å². The number of allylic oxidation sites excluding steroid dienone is 1. The number of nitrogens with zero attached hydrogens (tertiary/aromatic N) is 1. The number of halogens is 2. The van der Waals surface area contributed by atoms with Crippen molar-refractivity contribution in [1.82, 2.24) is 0 Å². The van der Waals surface area contributed by atoms with Gasteiger partial charge in [0.2, 0.25) is 0 Å². The Labute approximate surface area is 138 Å². The standard InChI is InChI=1S/C17H13F2NO3S/c1-23-15-6-2-12(3-7-15)11-24(21,22)16(10-20)8-13-4-5-14(18)9-17(13)19/h2-9H,11H2,1H3. The van der Waals surface area contributed by atoms with Gasteiger partial charge in [-0.25, -0.2) is 17.2 Å². The molecular formula is C17H13F2NO3S. The van der Waals surface area contributed by atoms with Crippen LogP contribution in [0.4, 0.5) is 8.78 Å². The number of nitriles is 1. The smallest absolute Gasteiger partial charge is 0.192 e. The summed E-state index contributed by atoms with van der Waals surface area (Å²) in [6, 6.07) is 10.6. The van der Waals surface area contributed by atoms with Crippen LogP contribution in [0.5, 0.6) is 5.75 Å². The number of methoxy groups -OCH3 is 1. The summed E-state index contributed by atoms with van der Waals surface area (Å²) in [5, 5.41) is 9.11. The van der Waals surface area contributed by atoms with E-state index in [9.17, 15) is 17.2 Å². The van der Waals surface area contributed by atoms with Gasteiger partial charge in [-0.15, -0.1) is 0 Å². The van der Waals surface area contributed by atoms with Crippen LogP contribution in [0.3, 0.4) is 0 Å². The van der Waals surface area contributed by atoms with Crippen LogP contribution in [0, 0.1) is 23.0 Å². The first kappa shape index (κ1) is 17.6. The largest absolute Gasteiger partial charge is 0.497 e. The summed E-state index contributed by atoms with van der Waals surface area (Å²) in [6.07, 6.45) is 0.896. The summed E-state index contributed by atoms with van der Waals surface area (Å²) in [7, 11) is -2.49. The first-order valence-corrected chi connectivity index (χ1v) is 8.43. The molecule has 0 bridgehead atoms. The molecule has 0 spiro atoms. The van der Waals surface area contributed by atoms with Crippen LogP contribution in [0.15, 0.2) is 47.4 Å². The number of hydrogen-bond acceptors (Lipinski definition) is 4. The number of sulfone groups is 1. The van der Waals surface area contributed by atoms with Crippen molar-refractivity contribution in [3.05, 3.63) is 70.1 Å². The van der Waals surface area contributed by atoms with Crippen LogP contribution in [0.1, 0.15) is 11.1 Å². The third-order valence-electron chi connectivity index (χ3n) is 3.21. The molecule has 0 heterocycles. The minimum atomic E-state index is -3.97. The van der Waals surface area contributed by atoms with E-state index in [0.717, 1.165) is 18.2 Å². The fourth-order valence-corrected chi connectivity index (χ4v) is 3.20. The molecule has 0 atom stereocenters. The van der Waals surface area contributed by atoms with Crippen molar-refractivity contribution in [2.75, 3.05) is 7.11 Å². The minimum Gasteiger partial charge on any atom is -0.497 e. The second kappa shape index (κ2) is 7.23. The highest BCUT2D eigenvalue weighted by atomic mass is 32.2. The molecule has 2 rings (SSSR count). The van der Waals surface area contributed by atoms with Crippen molar-refractivity contribution in [2.24, 2.45) is 0 Å². The first-order chi connectivity index (χ1) is 11.4. The maximum absolute atomic E-state index is 13.6. The Kier molecular flexibility index (Phi) is 5.31. The maximum atomic E-state index is 13.6. The fourth-order valence-electron chi connectivity index (χ4n) is 1.97. The van der Waals surface area contributed by atoms with Gasteiger partial charge >= 0.3 is 0 Å². The normalized spacial score (nSPS) is 11.8. The van der Waals surface area contributed by atoms with Crippen LogP contribution in [-0.2, 0) is 15.6 Å². The molecule has 0 radical (unpaired) electrons. The fraction of sp³-hybridized carbons (Fsp3) is 0.118. The molecule has 0 unspecified atom stereocenters. The van der Waals surface area contributed by atoms with Crippen LogP contribution >= 0.6 is 0 Å².